The van der Waals surface area contributed by atoms with E-state index in [2.05, 4.69) is 27.9 Å². The van der Waals surface area contributed by atoms with Gasteiger partial charge >= 0.3 is 0 Å². The molecule has 17 heavy (non-hydrogen) atoms. The number of aromatic nitrogens is 3. The fraction of sp³-hybridized carbons (Fsp3) is 0.154. The molecule has 0 N–H and O–H groups in total. The van der Waals surface area contributed by atoms with Gasteiger partial charge in [-0.25, -0.2) is 4.52 Å². The Kier molecular flexibility index (Phi) is 2.61. The smallest absolute Gasteiger partial charge is 0.136 e. The molecule has 3 aromatic rings. The summed E-state index contributed by atoms with van der Waals surface area (Å²) in [5.41, 5.74) is 3.20. The SMILES string of the molecule is ClCCn1ccn2nc(-c3ccccc3)cc12. The van der Waals surface area contributed by atoms with Crippen LogP contribution in [0.2, 0.25) is 0 Å². The Morgan fingerprint density at radius 2 is 1.94 bits per heavy atom. The summed E-state index contributed by atoms with van der Waals surface area (Å²) in [6.45, 7) is 0.804. The number of benzene rings is 1. The van der Waals surface area contributed by atoms with E-state index in [1.807, 2.05) is 35.1 Å². The van der Waals surface area contributed by atoms with Crippen LogP contribution >= 0.6 is 11.6 Å². The minimum Gasteiger partial charge on any atom is -0.330 e. The Morgan fingerprint density at radius 1 is 1.12 bits per heavy atom. The first-order valence-corrected chi connectivity index (χ1v) is 6.08. The number of nitrogens with zero attached hydrogens (tertiary/aromatic N) is 3. The van der Waals surface area contributed by atoms with Gasteiger partial charge in [0.2, 0.25) is 0 Å². The zero-order valence-corrected chi connectivity index (χ0v) is 10.0. The van der Waals surface area contributed by atoms with Gasteiger partial charge in [-0.3, -0.25) is 0 Å². The van der Waals surface area contributed by atoms with Crippen LogP contribution in [0, 0.1) is 0 Å². The molecule has 0 bridgehead atoms. The minimum atomic E-state index is 0.607. The van der Waals surface area contributed by atoms with Crippen molar-refractivity contribution in [3.8, 4) is 11.3 Å². The van der Waals surface area contributed by atoms with E-state index in [4.69, 9.17) is 11.6 Å². The summed E-state index contributed by atoms with van der Waals surface area (Å²) in [4.78, 5) is 0. The molecule has 0 spiro atoms. The molecule has 86 valence electrons. The van der Waals surface area contributed by atoms with Crippen molar-refractivity contribution < 1.29 is 0 Å². The molecule has 0 aliphatic heterocycles. The summed E-state index contributed by atoms with van der Waals surface area (Å²) in [7, 11) is 0. The Morgan fingerprint density at radius 3 is 2.71 bits per heavy atom. The average Bonchev–Trinajstić information content (AvgIpc) is 2.93. The first kappa shape index (κ1) is 10.4. The van der Waals surface area contributed by atoms with E-state index in [0.717, 1.165) is 23.4 Å². The second-order valence-electron chi connectivity index (χ2n) is 3.88. The van der Waals surface area contributed by atoms with Crippen molar-refractivity contribution in [1.29, 1.82) is 0 Å². The molecular formula is C13H12ClN3. The fourth-order valence-electron chi connectivity index (χ4n) is 1.96. The van der Waals surface area contributed by atoms with Crippen molar-refractivity contribution in [2.45, 2.75) is 6.54 Å². The molecular weight excluding hydrogens is 234 g/mol. The zero-order chi connectivity index (χ0) is 11.7. The number of imidazole rings is 1. The number of fused-ring (bicyclic) bond motifs is 1. The van der Waals surface area contributed by atoms with Gasteiger partial charge in [0.1, 0.15) is 5.65 Å². The van der Waals surface area contributed by atoms with Crippen LogP contribution in [0.3, 0.4) is 0 Å². The Bertz CT molecular complexity index is 624. The number of rotatable bonds is 3. The van der Waals surface area contributed by atoms with Crippen molar-refractivity contribution >= 4 is 17.2 Å². The van der Waals surface area contributed by atoms with E-state index in [1.54, 1.807) is 0 Å². The molecule has 1 aromatic carbocycles. The van der Waals surface area contributed by atoms with Crippen LogP contribution in [0.1, 0.15) is 0 Å². The van der Waals surface area contributed by atoms with E-state index in [-0.39, 0.29) is 0 Å². The lowest BCUT2D eigenvalue weighted by molar-refractivity contribution is 0.794. The van der Waals surface area contributed by atoms with Crippen molar-refractivity contribution in [2.75, 3.05) is 5.88 Å². The molecule has 0 saturated carbocycles. The topological polar surface area (TPSA) is 22.2 Å². The van der Waals surface area contributed by atoms with Crippen LogP contribution < -0.4 is 0 Å². The van der Waals surface area contributed by atoms with E-state index in [0.29, 0.717) is 5.88 Å². The average molecular weight is 246 g/mol. The second-order valence-corrected chi connectivity index (χ2v) is 4.26. The van der Waals surface area contributed by atoms with Crippen molar-refractivity contribution in [2.24, 2.45) is 0 Å². The van der Waals surface area contributed by atoms with Crippen LogP contribution in [0.4, 0.5) is 0 Å². The molecule has 0 aliphatic carbocycles. The summed E-state index contributed by atoms with van der Waals surface area (Å²) in [6.07, 6.45) is 3.95. The third-order valence-electron chi connectivity index (χ3n) is 2.79. The Hall–Kier alpha value is -1.74. The number of hydrogen-bond acceptors (Lipinski definition) is 1. The summed E-state index contributed by atoms with van der Waals surface area (Å²) in [5.74, 6) is 0.607. The number of aryl methyl sites for hydroxylation is 1. The van der Waals surface area contributed by atoms with E-state index in [9.17, 15) is 0 Å². The molecule has 3 rings (SSSR count). The molecule has 0 aliphatic rings. The molecule has 0 atom stereocenters. The molecule has 0 saturated heterocycles. The standard InChI is InChI=1S/C13H12ClN3/c14-6-7-16-8-9-17-13(16)10-12(15-17)11-4-2-1-3-5-11/h1-5,8-10H,6-7H2. The monoisotopic (exact) mass is 245 g/mol. The molecule has 2 heterocycles. The van der Waals surface area contributed by atoms with Crippen LogP contribution in [-0.4, -0.2) is 20.1 Å². The zero-order valence-electron chi connectivity index (χ0n) is 9.25. The van der Waals surface area contributed by atoms with Gasteiger partial charge < -0.3 is 4.57 Å². The number of alkyl halides is 1. The third-order valence-corrected chi connectivity index (χ3v) is 2.96. The van der Waals surface area contributed by atoms with E-state index in [1.165, 1.54) is 0 Å². The second kappa shape index (κ2) is 4.26. The first-order valence-electron chi connectivity index (χ1n) is 5.54. The molecule has 0 unspecified atom stereocenters. The van der Waals surface area contributed by atoms with Gasteiger partial charge in [-0.15, -0.1) is 11.6 Å². The van der Waals surface area contributed by atoms with Crippen molar-refractivity contribution in [3.05, 3.63) is 48.8 Å². The van der Waals surface area contributed by atoms with E-state index >= 15 is 0 Å². The largest absolute Gasteiger partial charge is 0.330 e. The van der Waals surface area contributed by atoms with Gasteiger partial charge in [-0.05, 0) is 0 Å². The minimum absolute atomic E-state index is 0.607. The lowest BCUT2D eigenvalue weighted by atomic mass is 10.2. The summed E-state index contributed by atoms with van der Waals surface area (Å²) in [6, 6.07) is 12.3. The summed E-state index contributed by atoms with van der Waals surface area (Å²) < 4.78 is 3.99. The predicted molar refractivity (Wildman–Crippen MR) is 69.3 cm³/mol. The molecule has 0 fully saturated rings. The van der Waals surface area contributed by atoms with Gasteiger partial charge in [-0.2, -0.15) is 5.10 Å². The maximum atomic E-state index is 5.77. The number of hydrogen-bond donors (Lipinski definition) is 0. The molecule has 3 nitrogen and oxygen atoms in total. The number of halogens is 1. The van der Waals surface area contributed by atoms with Crippen LogP contribution in [-0.2, 0) is 6.54 Å². The van der Waals surface area contributed by atoms with Gasteiger partial charge in [0.05, 0.1) is 5.69 Å². The normalized spacial score (nSPS) is 11.1. The maximum Gasteiger partial charge on any atom is 0.136 e. The van der Waals surface area contributed by atoms with Crippen molar-refractivity contribution in [1.82, 2.24) is 14.2 Å². The predicted octanol–water partition coefficient (Wildman–Crippen LogP) is 3.04. The van der Waals surface area contributed by atoms with Gasteiger partial charge in [0.15, 0.2) is 0 Å². The highest BCUT2D eigenvalue weighted by atomic mass is 35.5. The lowest BCUT2D eigenvalue weighted by Crippen LogP contribution is -1.96. The highest BCUT2D eigenvalue weighted by Crippen LogP contribution is 2.19. The summed E-state index contributed by atoms with van der Waals surface area (Å²) in [5, 5.41) is 4.54. The molecule has 0 amide bonds. The molecule has 0 radical (unpaired) electrons. The Balaban J connectivity index is 2.08. The van der Waals surface area contributed by atoms with Crippen LogP contribution in [0.15, 0.2) is 48.8 Å². The highest BCUT2D eigenvalue weighted by Gasteiger charge is 2.07. The lowest BCUT2D eigenvalue weighted by Gasteiger charge is -1.97. The van der Waals surface area contributed by atoms with Gasteiger partial charge in [0, 0.05) is 36.4 Å². The molecule has 4 heteroatoms. The highest BCUT2D eigenvalue weighted by molar-refractivity contribution is 6.17. The van der Waals surface area contributed by atoms with Crippen LogP contribution in [0.5, 0.6) is 0 Å². The third kappa shape index (κ3) is 1.83. The van der Waals surface area contributed by atoms with E-state index < -0.39 is 0 Å². The Labute approximate surface area is 104 Å². The van der Waals surface area contributed by atoms with Gasteiger partial charge in [0.25, 0.3) is 0 Å². The molecule has 2 aromatic heterocycles. The van der Waals surface area contributed by atoms with Crippen LogP contribution in [0.25, 0.3) is 16.9 Å². The first-order chi connectivity index (χ1) is 8.38. The summed E-state index contributed by atoms with van der Waals surface area (Å²) >= 11 is 5.77. The fourth-order valence-corrected chi connectivity index (χ4v) is 2.14. The van der Waals surface area contributed by atoms with Gasteiger partial charge in [-0.1, -0.05) is 30.3 Å². The van der Waals surface area contributed by atoms with Crippen molar-refractivity contribution in [3.63, 3.8) is 0 Å². The maximum absolute atomic E-state index is 5.77. The quantitative estimate of drug-likeness (QED) is 0.650.